The Bertz CT molecular complexity index is 1120. The number of amides is 1. The van der Waals surface area contributed by atoms with E-state index >= 15 is 0 Å². The third kappa shape index (κ3) is 3.04. The number of nitrogens with one attached hydrogen (secondary N) is 1. The van der Waals surface area contributed by atoms with Gasteiger partial charge in [-0.05, 0) is 48.5 Å². The zero-order valence-corrected chi connectivity index (χ0v) is 13.4. The molecular weight excluding hydrogens is 338 g/mol. The van der Waals surface area contributed by atoms with Gasteiger partial charge in [-0.25, -0.2) is 13.8 Å². The standard InChI is InChI=1S/C20H12F2N2O2/c21-13-5-3-4-12(10-13)19(25)23-14-8-9-18-17(11-14)24-20(26-18)15-6-1-2-7-16(15)22/h1-11H,(H,23,25). The minimum Gasteiger partial charge on any atom is -0.436 e. The summed E-state index contributed by atoms with van der Waals surface area (Å²) >= 11 is 0. The van der Waals surface area contributed by atoms with Gasteiger partial charge in [-0.15, -0.1) is 0 Å². The molecule has 0 unspecified atom stereocenters. The third-order valence-electron chi connectivity index (χ3n) is 3.84. The van der Waals surface area contributed by atoms with Gasteiger partial charge in [0.05, 0.1) is 5.56 Å². The normalized spacial score (nSPS) is 10.8. The molecule has 6 heteroatoms. The lowest BCUT2D eigenvalue weighted by Gasteiger charge is -2.04. The second-order valence-corrected chi connectivity index (χ2v) is 5.65. The van der Waals surface area contributed by atoms with Crippen molar-refractivity contribution in [1.29, 1.82) is 0 Å². The Morgan fingerprint density at radius 1 is 0.962 bits per heavy atom. The number of anilines is 1. The van der Waals surface area contributed by atoms with E-state index in [1.54, 1.807) is 36.4 Å². The number of benzene rings is 3. The number of aromatic nitrogens is 1. The summed E-state index contributed by atoms with van der Waals surface area (Å²) in [5, 5.41) is 2.68. The Kier molecular flexibility index (Phi) is 3.93. The van der Waals surface area contributed by atoms with Crippen LogP contribution in [0.25, 0.3) is 22.6 Å². The van der Waals surface area contributed by atoms with Gasteiger partial charge in [-0.3, -0.25) is 4.79 Å². The van der Waals surface area contributed by atoms with Crippen LogP contribution in [0.15, 0.2) is 71.1 Å². The lowest BCUT2D eigenvalue weighted by Crippen LogP contribution is -2.11. The highest BCUT2D eigenvalue weighted by Crippen LogP contribution is 2.27. The molecule has 0 atom stereocenters. The van der Waals surface area contributed by atoms with Crippen molar-refractivity contribution in [3.63, 3.8) is 0 Å². The predicted molar refractivity (Wildman–Crippen MR) is 93.8 cm³/mol. The molecule has 26 heavy (non-hydrogen) atoms. The number of nitrogens with zero attached hydrogens (tertiary/aromatic N) is 1. The molecule has 1 N–H and O–H groups in total. The minimum atomic E-state index is -0.487. The summed E-state index contributed by atoms with van der Waals surface area (Å²) < 4.78 is 32.7. The van der Waals surface area contributed by atoms with Crippen molar-refractivity contribution in [2.45, 2.75) is 0 Å². The molecule has 0 fully saturated rings. The van der Waals surface area contributed by atoms with E-state index in [4.69, 9.17) is 4.42 Å². The van der Waals surface area contributed by atoms with E-state index in [1.165, 1.54) is 24.3 Å². The highest BCUT2D eigenvalue weighted by Gasteiger charge is 2.13. The molecule has 0 aliphatic heterocycles. The Morgan fingerprint density at radius 2 is 1.81 bits per heavy atom. The first-order chi connectivity index (χ1) is 12.6. The number of hydrogen-bond acceptors (Lipinski definition) is 3. The predicted octanol–water partition coefficient (Wildman–Crippen LogP) is 5.03. The summed E-state index contributed by atoms with van der Waals surface area (Å²) in [5.74, 6) is -1.20. The van der Waals surface area contributed by atoms with Gasteiger partial charge < -0.3 is 9.73 Å². The van der Waals surface area contributed by atoms with E-state index in [9.17, 15) is 13.6 Å². The van der Waals surface area contributed by atoms with Gasteiger partial charge in [-0.2, -0.15) is 0 Å². The Hall–Kier alpha value is -3.54. The zero-order valence-electron chi connectivity index (χ0n) is 13.4. The molecule has 4 rings (SSSR count). The summed E-state index contributed by atoms with van der Waals surface area (Å²) in [5.41, 5.74) is 1.87. The number of hydrogen-bond donors (Lipinski definition) is 1. The number of halogens is 2. The number of carbonyl (C=O) groups excluding carboxylic acids is 1. The second kappa shape index (κ2) is 6.40. The summed E-state index contributed by atoms with van der Waals surface area (Å²) in [6.07, 6.45) is 0. The first-order valence-electron chi connectivity index (χ1n) is 7.82. The Balaban J connectivity index is 1.64. The summed E-state index contributed by atoms with van der Waals surface area (Å²) in [4.78, 5) is 16.5. The topological polar surface area (TPSA) is 55.1 Å². The van der Waals surface area contributed by atoms with Crippen LogP contribution in [0, 0.1) is 11.6 Å². The van der Waals surface area contributed by atoms with Crippen molar-refractivity contribution < 1.29 is 18.0 Å². The van der Waals surface area contributed by atoms with Gasteiger partial charge in [0, 0.05) is 11.3 Å². The molecule has 4 aromatic rings. The molecular formula is C20H12F2N2O2. The van der Waals surface area contributed by atoms with Crippen LogP contribution in [-0.4, -0.2) is 10.9 Å². The quantitative estimate of drug-likeness (QED) is 0.564. The highest BCUT2D eigenvalue weighted by molar-refractivity contribution is 6.04. The van der Waals surface area contributed by atoms with Crippen LogP contribution in [0.3, 0.4) is 0 Å². The van der Waals surface area contributed by atoms with Crippen molar-refractivity contribution in [1.82, 2.24) is 4.98 Å². The van der Waals surface area contributed by atoms with Gasteiger partial charge in [0.1, 0.15) is 17.2 Å². The van der Waals surface area contributed by atoms with E-state index < -0.39 is 17.5 Å². The maximum Gasteiger partial charge on any atom is 0.255 e. The number of oxazole rings is 1. The van der Waals surface area contributed by atoms with E-state index in [2.05, 4.69) is 10.3 Å². The largest absolute Gasteiger partial charge is 0.436 e. The average Bonchev–Trinajstić information content (AvgIpc) is 3.05. The molecule has 0 saturated carbocycles. The Labute approximate surface area is 147 Å². The molecule has 0 radical (unpaired) electrons. The van der Waals surface area contributed by atoms with Gasteiger partial charge >= 0.3 is 0 Å². The highest BCUT2D eigenvalue weighted by atomic mass is 19.1. The number of rotatable bonds is 3. The maximum atomic E-state index is 13.9. The Morgan fingerprint density at radius 3 is 2.62 bits per heavy atom. The molecule has 3 aromatic carbocycles. The van der Waals surface area contributed by atoms with Crippen molar-refractivity contribution in [3.8, 4) is 11.5 Å². The molecule has 0 aliphatic rings. The molecule has 128 valence electrons. The van der Waals surface area contributed by atoms with Crippen LogP contribution in [0.2, 0.25) is 0 Å². The number of fused-ring (bicyclic) bond motifs is 1. The smallest absolute Gasteiger partial charge is 0.255 e. The van der Waals surface area contributed by atoms with E-state index in [-0.39, 0.29) is 17.0 Å². The SMILES string of the molecule is O=C(Nc1ccc2oc(-c3ccccc3F)nc2c1)c1cccc(F)c1. The summed E-state index contributed by atoms with van der Waals surface area (Å²) in [7, 11) is 0. The van der Waals surface area contributed by atoms with Crippen LogP contribution >= 0.6 is 0 Å². The van der Waals surface area contributed by atoms with Crippen molar-refractivity contribution >= 4 is 22.7 Å². The van der Waals surface area contributed by atoms with Crippen molar-refractivity contribution in [2.24, 2.45) is 0 Å². The minimum absolute atomic E-state index is 0.159. The van der Waals surface area contributed by atoms with Crippen LogP contribution in [-0.2, 0) is 0 Å². The maximum absolute atomic E-state index is 13.9. The fourth-order valence-corrected chi connectivity index (χ4v) is 2.59. The molecule has 0 saturated heterocycles. The zero-order chi connectivity index (χ0) is 18.1. The average molecular weight is 350 g/mol. The lowest BCUT2D eigenvalue weighted by molar-refractivity contribution is 0.102. The molecule has 0 aliphatic carbocycles. The molecule has 0 spiro atoms. The first kappa shape index (κ1) is 16.0. The first-order valence-corrected chi connectivity index (χ1v) is 7.82. The van der Waals surface area contributed by atoms with Gasteiger partial charge in [-0.1, -0.05) is 18.2 Å². The molecule has 4 nitrogen and oxygen atoms in total. The number of carbonyl (C=O) groups is 1. The van der Waals surface area contributed by atoms with Crippen molar-refractivity contribution in [2.75, 3.05) is 5.32 Å². The monoisotopic (exact) mass is 350 g/mol. The fraction of sp³-hybridized carbons (Fsp3) is 0. The van der Waals surface area contributed by atoms with Gasteiger partial charge in [0.2, 0.25) is 5.89 Å². The van der Waals surface area contributed by atoms with Gasteiger partial charge in [0.25, 0.3) is 5.91 Å². The molecule has 1 heterocycles. The van der Waals surface area contributed by atoms with E-state index in [0.717, 1.165) is 6.07 Å². The van der Waals surface area contributed by atoms with E-state index in [1.807, 2.05) is 0 Å². The van der Waals surface area contributed by atoms with Crippen LogP contribution in [0.5, 0.6) is 0 Å². The molecule has 1 amide bonds. The van der Waals surface area contributed by atoms with E-state index in [0.29, 0.717) is 16.8 Å². The second-order valence-electron chi connectivity index (χ2n) is 5.65. The fourth-order valence-electron chi connectivity index (χ4n) is 2.59. The molecule has 0 bridgehead atoms. The summed E-state index contributed by atoms with van der Waals surface area (Å²) in [6, 6.07) is 16.5. The van der Waals surface area contributed by atoms with Crippen LogP contribution in [0.4, 0.5) is 14.5 Å². The van der Waals surface area contributed by atoms with Gasteiger partial charge in [0.15, 0.2) is 5.58 Å². The lowest BCUT2D eigenvalue weighted by atomic mass is 10.2. The van der Waals surface area contributed by atoms with Crippen LogP contribution in [0.1, 0.15) is 10.4 Å². The summed E-state index contributed by atoms with van der Waals surface area (Å²) in [6.45, 7) is 0. The third-order valence-corrected chi connectivity index (χ3v) is 3.84. The van der Waals surface area contributed by atoms with Crippen molar-refractivity contribution in [3.05, 3.63) is 83.9 Å². The molecule has 1 aromatic heterocycles. The van der Waals surface area contributed by atoms with Crippen LogP contribution < -0.4 is 5.32 Å².